The molecule has 6 heteroatoms. The van der Waals surface area contributed by atoms with E-state index in [-0.39, 0.29) is 0 Å². The van der Waals surface area contributed by atoms with Gasteiger partial charge in [-0.05, 0) is 70.8 Å². The molecule has 10 rings (SSSR count). The Kier molecular flexibility index (Phi) is 6.89. The van der Waals surface area contributed by atoms with Crippen molar-refractivity contribution in [1.82, 2.24) is 15.0 Å². The molecule has 3 heterocycles. The molecule has 0 saturated carbocycles. The average molecular weight is 721 g/mol. The van der Waals surface area contributed by atoms with Gasteiger partial charge in [0.25, 0.3) is 0 Å². The van der Waals surface area contributed by atoms with Gasteiger partial charge in [0, 0.05) is 37.1 Å². The van der Waals surface area contributed by atoms with Gasteiger partial charge in [0.05, 0.1) is 5.56 Å². The van der Waals surface area contributed by atoms with Crippen LogP contribution >= 0.6 is 15.9 Å². The molecule has 0 aliphatic carbocycles. The summed E-state index contributed by atoms with van der Waals surface area (Å²) < 4.78 is 13.7. The summed E-state index contributed by atoms with van der Waals surface area (Å²) in [6.45, 7) is 0. The van der Waals surface area contributed by atoms with E-state index in [0.29, 0.717) is 17.5 Å². The third-order valence-corrected chi connectivity index (χ3v) is 9.96. The first-order valence-electron chi connectivity index (χ1n) is 16.7. The highest BCUT2D eigenvalue weighted by Gasteiger charge is 2.18. The number of nitrogens with zero attached hydrogens (tertiary/aromatic N) is 3. The predicted molar refractivity (Wildman–Crippen MR) is 209 cm³/mol. The summed E-state index contributed by atoms with van der Waals surface area (Å²) in [5.41, 5.74) is 10.3. The predicted octanol–water partition coefficient (Wildman–Crippen LogP) is 12.8. The van der Waals surface area contributed by atoms with Crippen molar-refractivity contribution in [1.29, 1.82) is 0 Å². The molecule has 3 aromatic heterocycles. The first kappa shape index (κ1) is 29.5. The second-order valence-electron chi connectivity index (χ2n) is 12.6. The van der Waals surface area contributed by atoms with E-state index in [4.69, 9.17) is 23.8 Å². The molecule has 0 aliphatic rings. The van der Waals surface area contributed by atoms with E-state index in [1.807, 2.05) is 54.6 Å². The maximum atomic E-state index is 6.41. The maximum Gasteiger partial charge on any atom is 0.167 e. The lowest BCUT2D eigenvalue weighted by Gasteiger charge is -2.10. The average Bonchev–Trinajstić information content (AvgIpc) is 3.76. The van der Waals surface area contributed by atoms with Crippen LogP contribution in [0, 0.1) is 0 Å². The van der Waals surface area contributed by atoms with E-state index < -0.39 is 0 Å². The van der Waals surface area contributed by atoms with Crippen molar-refractivity contribution in [2.75, 3.05) is 0 Å². The van der Waals surface area contributed by atoms with E-state index in [1.54, 1.807) is 0 Å². The Hall–Kier alpha value is -6.37. The third-order valence-electron chi connectivity index (χ3n) is 9.43. The fourth-order valence-electron chi connectivity index (χ4n) is 6.88. The molecule has 0 spiro atoms. The highest BCUT2D eigenvalue weighted by Crippen LogP contribution is 2.37. The zero-order valence-corrected chi connectivity index (χ0v) is 28.6. The number of hydrogen-bond acceptors (Lipinski definition) is 5. The molecule has 7 aromatic carbocycles. The lowest BCUT2D eigenvalue weighted by atomic mass is 9.98. The fraction of sp³-hybridized carbons (Fsp3) is 0. The molecule has 0 saturated heterocycles. The number of para-hydroxylation sites is 3. The monoisotopic (exact) mass is 719 g/mol. The Morgan fingerprint density at radius 1 is 0.353 bits per heavy atom. The maximum absolute atomic E-state index is 6.41. The normalized spacial score (nSPS) is 11.6. The molecule has 0 atom stereocenters. The molecule has 0 amide bonds. The Bertz CT molecular complexity index is 2930. The molecule has 51 heavy (non-hydrogen) atoms. The summed E-state index contributed by atoms with van der Waals surface area (Å²) in [6.07, 6.45) is 0. The van der Waals surface area contributed by atoms with Crippen LogP contribution in [-0.4, -0.2) is 15.0 Å². The minimum absolute atomic E-state index is 0.538. The number of furan rings is 2. The van der Waals surface area contributed by atoms with Crippen LogP contribution in [-0.2, 0) is 0 Å². The van der Waals surface area contributed by atoms with Crippen LogP contribution in [0.5, 0.6) is 0 Å². The van der Waals surface area contributed by atoms with Crippen LogP contribution in [0.15, 0.2) is 171 Å². The van der Waals surface area contributed by atoms with Gasteiger partial charge in [0.15, 0.2) is 17.5 Å². The summed E-state index contributed by atoms with van der Waals surface area (Å²) in [5, 5.41) is 4.20. The SMILES string of the molecule is Brc1ccc(-c2cccc(-c3ccc(-c4nc(-c5ccc6c(c5)oc5ccccc56)nc(-c5cccc6c5oc5ccccc56)n4)cc3)c2)cc1. The van der Waals surface area contributed by atoms with Crippen molar-refractivity contribution < 1.29 is 8.83 Å². The quantitative estimate of drug-likeness (QED) is 0.177. The molecule has 5 nitrogen and oxygen atoms in total. The smallest absolute Gasteiger partial charge is 0.167 e. The molecule has 0 bridgehead atoms. The molecule has 10 aromatic rings. The summed E-state index contributed by atoms with van der Waals surface area (Å²) in [4.78, 5) is 15.2. The summed E-state index contributed by atoms with van der Waals surface area (Å²) in [6, 6.07) is 53.8. The van der Waals surface area contributed by atoms with Gasteiger partial charge in [-0.1, -0.05) is 125 Å². The van der Waals surface area contributed by atoms with Gasteiger partial charge in [-0.15, -0.1) is 0 Å². The number of fused-ring (bicyclic) bond motifs is 6. The van der Waals surface area contributed by atoms with E-state index >= 15 is 0 Å². The molecule has 0 aliphatic heterocycles. The number of aromatic nitrogens is 3. The zero-order chi connectivity index (χ0) is 33.9. The van der Waals surface area contributed by atoms with Crippen molar-refractivity contribution in [3.63, 3.8) is 0 Å². The van der Waals surface area contributed by atoms with E-state index in [0.717, 1.165) is 81.7 Å². The fourth-order valence-corrected chi connectivity index (χ4v) is 7.14. The van der Waals surface area contributed by atoms with Crippen molar-refractivity contribution in [2.24, 2.45) is 0 Å². The van der Waals surface area contributed by atoms with Crippen LogP contribution in [0.25, 0.3) is 100 Å². The van der Waals surface area contributed by atoms with Gasteiger partial charge < -0.3 is 8.83 Å². The second-order valence-corrected chi connectivity index (χ2v) is 13.5. The van der Waals surface area contributed by atoms with Crippen LogP contribution in [0.3, 0.4) is 0 Å². The van der Waals surface area contributed by atoms with Gasteiger partial charge >= 0.3 is 0 Å². The van der Waals surface area contributed by atoms with Crippen molar-refractivity contribution in [3.8, 4) is 56.4 Å². The standard InChI is InChI=1S/C45H26BrN3O2/c46-33-22-19-28(20-23-33)31-8-5-7-30(25-31)27-15-17-29(18-16-27)43-47-44(32-21-24-36-34-9-1-3-13-39(34)50-41(36)26-32)49-45(48-43)38-12-6-11-37-35-10-2-4-14-40(35)51-42(37)38/h1-26H. The minimum Gasteiger partial charge on any atom is -0.456 e. The molecule has 0 radical (unpaired) electrons. The molecule has 0 N–H and O–H groups in total. The molecular formula is C45H26BrN3O2. The third kappa shape index (κ3) is 5.20. The summed E-state index contributed by atoms with van der Waals surface area (Å²) >= 11 is 3.54. The second kappa shape index (κ2) is 11.9. The highest BCUT2D eigenvalue weighted by atomic mass is 79.9. The number of halogens is 1. The zero-order valence-electron chi connectivity index (χ0n) is 27.0. The topological polar surface area (TPSA) is 65.0 Å². The van der Waals surface area contributed by atoms with Crippen molar-refractivity contribution in [3.05, 3.63) is 162 Å². The number of benzene rings is 7. The Balaban J connectivity index is 1.10. The van der Waals surface area contributed by atoms with Gasteiger partial charge in [0.1, 0.15) is 22.3 Å². The lowest BCUT2D eigenvalue weighted by Crippen LogP contribution is -2.00. The molecule has 0 fully saturated rings. The van der Waals surface area contributed by atoms with E-state index in [2.05, 4.69) is 119 Å². The first-order valence-corrected chi connectivity index (χ1v) is 17.5. The van der Waals surface area contributed by atoms with Crippen LogP contribution in [0.2, 0.25) is 0 Å². The molecular weight excluding hydrogens is 694 g/mol. The number of hydrogen-bond donors (Lipinski definition) is 0. The van der Waals surface area contributed by atoms with Gasteiger partial charge in [-0.25, -0.2) is 15.0 Å². The van der Waals surface area contributed by atoms with Crippen molar-refractivity contribution >= 4 is 59.8 Å². The largest absolute Gasteiger partial charge is 0.456 e. The van der Waals surface area contributed by atoms with Crippen molar-refractivity contribution in [2.45, 2.75) is 0 Å². The van der Waals surface area contributed by atoms with E-state index in [1.165, 1.54) is 5.56 Å². The summed E-state index contributed by atoms with van der Waals surface area (Å²) in [5.74, 6) is 1.66. The van der Waals surface area contributed by atoms with Gasteiger partial charge in [0.2, 0.25) is 0 Å². The van der Waals surface area contributed by atoms with Gasteiger partial charge in [-0.2, -0.15) is 0 Å². The Morgan fingerprint density at radius 3 is 1.63 bits per heavy atom. The van der Waals surface area contributed by atoms with Gasteiger partial charge in [-0.3, -0.25) is 0 Å². The van der Waals surface area contributed by atoms with Crippen LogP contribution in [0.1, 0.15) is 0 Å². The van der Waals surface area contributed by atoms with Crippen LogP contribution < -0.4 is 0 Å². The Labute approximate surface area is 301 Å². The minimum atomic E-state index is 0.538. The van der Waals surface area contributed by atoms with Crippen LogP contribution in [0.4, 0.5) is 0 Å². The number of rotatable bonds is 5. The molecule has 240 valence electrons. The van der Waals surface area contributed by atoms with E-state index in [9.17, 15) is 0 Å². The lowest BCUT2D eigenvalue weighted by molar-refractivity contribution is 0.668. The first-order chi connectivity index (χ1) is 25.1. The molecule has 0 unspecified atom stereocenters. The summed E-state index contributed by atoms with van der Waals surface area (Å²) in [7, 11) is 0. The Morgan fingerprint density at radius 2 is 0.882 bits per heavy atom. The highest BCUT2D eigenvalue weighted by molar-refractivity contribution is 9.10.